The summed E-state index contributed by atoms with van der Waals surface area (Å²) in [4.78, 5) is 26.5. The lowest BCUT2D eigenvalue weighted by Crippen LogP contribution is -2.23. The summed E-state index contributed by atoms with van der Waals surface area (Å²) in [6.45, 7) is 0. The second-order valence-electron chi connectivity index (χ2n) is 6.88. The van der Waals surface area contributed by atoms with Crippen LogP contribution < -0.4 is 10.9 Å². The number of benzene rings is 1. The molecule has 10 heteroatoms. The molecule has 0 atom stereocenters. The summed E-state index contributed by atoms with van der Waals surface area (Å²) in [5.41, 5.74) is -0.557. The van der Waals surface area contributed by atoms with Crippen LogP contribution in [0, 0.1) is 0 Å². The van der Waals surface area contributed by atoms with Crippen molar-refractivity contribution in [2.45, 2.75) is 50.7 Å². The van der Waals surface area contributed by atoms with Crippen LogP contribution in [0.1, 0.15) is 44.1 Å². The lowest BCUT2D eigenvalue weighted by molar-refractivity contribution is -0.137. The molecular weight excluding hydrogens is 394 g/mol. The van der Waals surface area contributed by atoms with Crippen LogP contribution in [0.15, 0.2) is 30.5 Å². The van der Waals surface area contributed by atoms with Crippen LogP contribution in [0.25, 0.3) is 11.1 Å². The zero-order valence-electron chi connectivity index (χ0n) is 15.0. The minimum Gasteiger partial charge on any atom is -0.367 e. The van der Waals surface area contributed by atoms with Crippen molar-refractivity contribution in [3.63, 3.8) is 0 Å². The molecule has 152 valence electrons. The fraction of sp³-hybridized carbons (Fsp3) is 0.444. The molecule has 3 N–H and O–H groups in total. The Morgan fingerprint density at radius 1 is 1.04 bits per heavy atom. The monoisotopic (exact) mass is 415 g/mol. The number of aromatic nitrogens is 2. The minimum absolute atomic E-state index is 0.0789. The summed E-state index contributed by atoms with van der Waals surface area (Å²) in [5, 5.41) is 3.23. The largest absolute Gasteiger partial charge is 0.416 e. The van der Waals surface area contributed by atoms with Crippen LogP contribution in [0.4, 0.5) is 19.0 Å². The molecule has 1 saturated carbocycles. The molecular formula is C18H21F3N3O3P. The van der Waals surface area contributed by atoms with Gasteiger partial charge in [-0.25, -0.2) is 9.97 Å². The fourth-order valence-corrected chi connectivity index (χ4v) is 3.73. The number of nitrogens with one attached hydrogen (secondary N) is 1. The molecule has 6 nitrogen and oxygen atoms in total. The third-order valence-corrected chi connectivity index (χ3v) is 5.49. The predicted molar refractivity (Wildman–Crippen MR) is 99.3 cm³/mol. The van der Waals surface area contributed by atoms with Gasteiger partial charge in [-0.15, -0.1) is 0 Å². The highest BCUT2D eigenvalue weighted by Gasteiger charge is 2.30. The molecule has 1 aliphatic rings. The Kier molecular flexibility index (Phi) is 6.07. The van der Waals surface area contributed by atoms with Gasteiger partial charge in [-0.1, -0.05) is 37.8 Å². The van der Waals surface area contributed by atoms with E-state index in [-0.39, 0.29) is 11.9 Å². The van der Waals surface area contributed by atoms with E-state index in [0.717, 1.165) is 50.7 Å². The SMILES string of the molecule is O=P(O)(O)c1ncc(-c2ccc(C(F)(F)F)cc2)c(NC2CCCCCC2)n1. The number of hydrogen-bond donors (Lipinski definition) is 3. The van der Waals surface area contributed by atoms with E-state index < -0.39 is 24.9 Å². The standard InChI is InChI=1S/C18H21F3N3O3P/c19-18(20,21)13-9-7-12(8-10-13)15-11-22-17(28(25,26)27)24-16(15)23-14-5-3-1-2-4-6-14/h7-11,14H,1-6H2,(H,22,23,24)(H2,25,26,27). The molecule has 28 heavy (non-hydrogen) atoms. The Hall–Kier alpha value is -1.96. The average Bonchev–Trinajstić information content (AvgIpc) is 2.89. The van der Waals surface area contributed by atoms with Gasteiger partial charge >= 0.3 is 13.8 Å². The number of hydrogen-bond acceptors (Lipinski definition) is 4. The van der Waals surface area contributed by atoms with Crippen molar-refractivity contribution in [1.82, 2.24) is 9.97 Å². The van der Waals surface area contributed by atoms with Crippen molar-refractivity contribution >= 4 is 19.0 Å². The van der Waals surface area contributed by atoms with Gasteiger partial charge in [0.15, 0.2) is 0 Å². The Morgan fingerprint density at radius 3 is 2.18 bits per heavy atom. The molecule has 0 bridgehead atoms. The van der Waals surface area contributed by atoms with Gasteiger partial charge in [0.2, 0.25) is 5.57 Å². The first kappa shape index (κ1) is 20.8. The maximum atomic E-state index is 12.8. The van der Waals surface area contributed by atoms with Crippen molar-refractivity contribution in [1.29, 1.82) is 0 Å². The summed E-state index contributed by atoms with van der Waals surface area (Å²) >= 11 is 0. The summed E-state index contributed by atoms with van der Waals surface area (Å²) in [6.07, 6.45) is 2.89. The Balaban J connectivity index is 1.98. The quantitative estimate of drug-likeness (QED) is 0.514. The molecule has 0 spiro atoms. The number of rotatable bonds is 4. The molecule has 0 amide bonds. The maximum Gasteiger partial charge on any atom is 0.416 e. The summed E-state index contributed by atoms with van der Waals surface area (Å²) < 4.78 is 50.0. The molecule has 0 radical (unpaired) electrons. The molecule has 0 aliphatic heterocycles. The smallest absolute Gasteiger partial charge is 0.367 e. The number of halogens is 3. The Bertz CT molecular complexity index is 861. The molecule has 1 aromatic heterocycles. The predicted octanol–water partition coefficient (Wildman–Crippen LogP) is 4.10. The zero-order chi connectivity index (χ0) is 20.4. The summed E-state index contributed by atoms with van der Waals surface area (Å²) in [5.74, 6) is 0.222. The zero-order valence-corrected chi connectivity index (χ0v) is 15.9. The van der Waals surface area contributed by atoms with Crippen molar-refractivity contribution in [2.75, 3.05) is 5.32 Å². The van der Waals surface area contributed by atoms with E-state index in [1.807, 2.05) is 0 Å². The number of anilines is 1. The van der Waals surface area contributed by atoms with E-state index >= 15 is 0 Å². The van der Waals surface area contributed by atoms with Crippen LogP contribution >= 0.6 is 7.60 Å². The lowest BCUT2D eigenvalue weighted by Gasteiger charge is -2.20. The van der Waals surface area contributed by atoms with Crippen LogP contribution in [-0.4, -0.2) is 25.8 Å². The van der Waals surface area contributed by atoms with Gasteiger partial charge in [0.1, 0.15) is 5.82 Å². The highest BCUT2D eigenvalue weighted by atomic mass is 31.2. The van der Waals surface area contributed by atoms with Gasteiger partial charge in [-0.3, -0.25) is 4.57 Å². The maximum absolute atomic E-state index is 12.8. The molecule has 1 aromatic carbocycles. The van der Waals surface area contributed by atoms with Gasteiger partial charge < -0.3 is 15.1 Å². The first-order valence-corrected chi connectivity index (χ1v) is 10.6. The molecule has 0 saturated heterocycles. The van der Waals surface area contributed by atoms with Crippen LogP contribution in [0.2, 0.25) is 0 Å². The van der Waals surface area contributed by atoms with Crippen molar-refractivity contribution < 1.29 is 27.5 Å². The van der Waals surface area contributed by atoms with Gasteiger partial charge in [-0.2, -0.15) is 13.2 Å². The van der Waals surface area contributed by atoms with E-state index in [1.54, 1.807) is 0 Å². The Morgan fingerprint density at radius 2 is 1.64 bits per heavy atom. The Labute approximate surface area is 160 Å². The highest BCUT2D eigenvalue weighted by Crippen LogP contribution is 2.36. The van der Waals surface area contributed by atoms with E-state index in [1.165, 1.54) is 18.3 Å². The lowest BCUT2D eigenvalue weighted by atomic mass is 10.0. The van der Waals surface area contributed by atoms with Crippen molar-refractivity contribution in [3.05, 3.63) is 36.0 Å². The number of nitrogens with zero attached hydrogens (tertiary/aromatic N) is 2. The average molecular weight is 415 g/mol. The third-order valence-electron chi connectivity index (χ3n) is 4.76. The summed E-state index contributed by atoms with van der Waals surface area (Å²) in [7, 11) is -4.66. The fourth-order valence-electron chi connectivity index (χ4n) is 3.29. The molecule has 3 rings (SSSR count). The van der Waals surface area contributed by atoms with Gasteiger partial charge in [-0.05, 0) is 30.5 Å². The second kappa shape index (κ2) is 8.19. The molecule has 1 aliphatic carbocycles. The molecule has 1 heterocycles. The van der Waals surface area contributed by atoms with Crippen LogP contribution in [0.5, 0.6) is 0 Å². The molecule has 1 fully saturated rings. The van der Waals surface area contributed by atoms with E-state index in [2.05, 4.69) is 15.3 Å². The first-order valence-electron chi connectivity index (χ1n) is 9.02. The van der Waals surface area contributed by atoms with Gasteiger partial charge in [0, 0.05) is 17.8 Å². The molecule has 0 unspecified atom stereocenters. The first-order chi connectivity index (χ1) is 13.1. The second-order valence-corrected chi connectivity index (χ2v) is 8.37. The number of alkyl halides is 3. The minimum atomic E-state index is -4.66. The normalized spacial score (nSPS) is 16.6. The van der Waals surface area contributed by atoms with Crippen LogP contribution in [-0.2, 0) is 10.7 Å². The third kappa shape index (κ3) is 5.10. The topological polar surface area (TPSA) is 95.3 Å². The highest BCUT2D eigenvalue weighted by molar-refractivity contribution is 7.59. The van der Waals surface area contributed by atoms with E-state index in [9.17, 15) is 27.5 Å². The van der Waals surface area contributed by atoms with E-state index in [0.29, 0.717) is 11.1 Å². The molecule has 2 aromatic rings. The van der Waals surface area contributed by atoms with Crippen molar-refractivity contribution in [2.24, 2.45) is 0 Å². The van der Waals surface area contributed by atoms with Crippen LogP contribution in [0.3, 0.4) is 0 Å². The van der Waals surface area contributed by atoms with E-state index in [4.69, 9.17) is 0 Å². The van der Waals surface area contributed by atoms with Gasteiger partial charge in [0.05, 0.1) is 5.56 Å². The summed E-state index contributed by atoms with van der Waals surface area (Å²) in [6, 6.07) is 4.60. The van der Waals surface area contributed by atoms with Gasteiger partial charge in [0.25, 0.3) is 0 Å². The van der Waals surface area contributed by atoms with Crippen molar-refractivity contribution in [3.8, 4) is 11.1 Å².